The summed E-state index contributed by atoms with van der Waals surface area (Å²) in [7, 11) is 1.69. The van der Waals surface area contributed by atoms with Gasteiger partial charge in [0, 0.05) is 5.56 Å². The molecule has 1 heterocycles. The van der Waals surface area contributed by atoms with Crippen LogP contribution in [0.3, 0.4) is 0 Å². The first-order chi connectivity index (χ1) is 8.63. The summed E-state index contributed by atoms with van der Waals surface area (Å²) in [5, 5.41) is 4.14. The van der Waals surface area contributed by atoms with Gasteiger partial charge in [0.25, 0.3) is 0 Å². The minimum Gasteiger partial charge on any atom is -0.496 e. The van der Waals surface area contributed by atoms with Crippen molar-refractivity contribution >= 4 is 23.7 Å². The summed E-state index contributed by atoms with van der Waals surface area (Å²) in [6, 6.07) is 8.22. The van der Waals surface area contributed by atoms with Crippen molar-refractivity contribution in [1.29, 1.82) is 0 Å². The molecule has 0 saturated carbocycles. The average Bonchev–Trinajstić information content (AvgIpc) is 2.90. The maximum Gasteiger partial charge on any atom is 0.123 e. The number of halogens is 1. The van der Waals surface area contributed by atoms with E-state index in [9.17, 15) is 0 Å². The summed E-state index contributed by atoms with van der Waals surface area (Å²) in [6.45, 7) is 4.36. The Hall–Kier alpha value is -1.03. The van der Waals surface area contributed by atoms with E-state index < -0.39 is 0 Å². The molecule has 19 heavy (non-hydrogen) atoms. The van der Waals surface area contributed by atoms with Crippen LogP contribution in [0, 0.1) is 0 Å². The van der Waals surface area contributed by atoms with Crippen molar-refractivity contribution in [2.45, 2.75) is 25.8 Å². The molecule has 0 fully saturated rings. The Morgan fingerprint density at radius 1 is 1.16 bits per heavy atom. The van der Waals surface area contributed by atoms with Crippen molar-refractivity contribution in [3.05, 3.63) is 51.7 Å². The lowest BCUT2D eigenvalue weighted by Crippen LogP contribution is -2.12. The molecule has 0 unspecified atom stereocenters. The third-order valence-corrected chi connectivity index (χ3v) is 3.86. The van der Waals surface area contributed by atoms with E-state index in [0.717, 1.165) is 16.9 Å². The Morgan fingerprint density at radius 2 is 1.89 bits per heavy atom. The molecule has 0 aliphatic heterocycles. The molecular formula is C15H20ClNOS. The number of ether oxygens (including phenoxy) is 1. The zero-order chi connectivity index (χ0) is 13.1. The SMILES string of the molecule is COc1ccc(C(C)C)cc1[C@@H](N)c1ccsc1.Cl. The van der Waals surface area contributed by atoms with Gasteiger partial charge in [-0.3, -0.25) is 0 Å². The highest BCUT2D eigenvalue weighted by Gasteiger charge is 2.15. The van der Waals surface area contributed by atoms with Gasteiger partial charge < -0.3 is 10.5 Å². The quantitative estimate of drug-likeness (QED) is 0.910. The van der Waals surface area contributed by atoms with Gasteiger partial charge >= 0.3 is 0 Å². The summed E-state index contributed by atoms with van der Waals surface area (Å²) in [6.07, 6.45) is 0. The summed E-state index contributed by atoms with van der Waals surface area (Å²) in [5.74, 6) is 1.35. The van der Waals surface area contributed by atoms with Crippen molar-refractivity contribution in [3.8, 4) is 5.75 Å². The van der Waals surface area contributed by atoms with Crippen LogP contribution in [0.25, 0.3) is 0 Å². The van der Waals surface area contributed by atoms with E-state index in [1.807, 2.05) is 11.4 Å². The van der Waals surface area contributed by atoms with Crippen molar-refractivity contribution in [1.82, 2.24) is 0 Å². The molecule has 1 aromatic heterocycles. The zero-order valence-electron chi connectivity index (χ0n) is 11.4. The molecule has 0 aliphatic rings. The molecule has 0 spiro atoms. The highest BCUT2D eigenvalue weighted by atomic mass is 35.5. The smallest absolute Gasteiger partial charge is 0.123 e. The van der Waals surface area contributed by atoms with Gasteiger partial charge in [-0.05, 0) is 46.0 Å². The van der Waals surface area contributed by atoms with Gasteiger partial charge in [-0.15, -0.1) is 12.4 Å². The first kappa shape index (κ1) is 16.0. The first-order valence-electron chi connectivity index (χ1n) is 6.09. The van der Waals surface area contributed by atoms with Gasteiger partial charge in [-0.2, -0.15) is 11.3 Å². The fraction of sp³-hybridized carbons (Fsp3) is 0.333. The van der Waals surface area contributed by atoms with Gasteiger partial charge in [0.15, 0.2) is 0 Å². The predicted molar refractivity (Wildman–Crippen MR) is 84.7 cm³/mol. The monoisotopic (exact) mass is 297 g/mol. The molecule has 104 valence electrons. The Balaban J connectivity index is 0.00000180. The fourth-order valence-electron chi connectivity index (χ4n) is 1.99. The van der Waals surface area contributed by atoms with E-state index in [1.54, 1.807) is 18.4 Å². The van der Waals surface area contributed by atoms with Crippen molar-refractivity contribution in [2.75, 3.05) is 7.11 Å². The molecule has 0 bridgehead atoms. The molecule has 0 radical (unpaired) electrons. The lowest BCUT2D eigenvalue weighted by molar-refractivity contribution is 0.407. The maximum atomic E-state index is 6.33. The molecule has 4 heteroatoms. The number of nitrogens with two attached hydrogens (primary N) is 1. The standard InChI is InChI=1S/C15H19NOS.ClH/c1-10(2)11-4-5-14(17-3)13(8-11)15(16)12-6-7-18-9-12;/h4-10,15H,16H2,1-3H3;1H/t15-;/m0./s1. The number of benzene rings is 1. The van der Waals surface area contributed by atoms with E-state index in [1.165, 1.54) is 5.56 Å². The highest BCUT2D eigenvalue weighted by Crippen LogP contribution is 2.32. The van der Waals surface area contributed by atoms with Crippen LogP contribution in [0.5, 0.6) is 5.75 Å². The predicted octanol–water partition coefficient (Wildman–Crippen LogP) is 4.35. The minimum atomic E-state index is -0.120. The van der Waals surface area contributed by atoms with Crippen LogP contribution >= 0.6 is 23.7 Å². The molecule has 1 atom stereocenters. The van der Waals surface area contributed by atoms with Crippen LogP contribution in [0.2, 0.25) is 0 Å². The molecular weight excluding hydrogens is 278 g/mol. The van der Waals surface area contributed by atoms with E-state index >= 15 is 0 Å². The number of hydrogen-bond acceptors (Lipinski definition) is 3. The Morgan fingerprint density at radius 3 is 2.42 bits per heavy atom. The zero-order valence-corrected chi connectivity index (χ0v) is 13.1. The van der Waals surface area contributed by atoms with Crippen LogP contribution in [0.15, 0.2) is 35.0 Å². The van der Waals surface area contributed by atoms with Crippen LogP contribution in [-0.4, -0.2) is 7.11 Å². The Labute approximate surface area is 125 Å². The second kappa shape index (κ2) is 6.94. The summed E-state index contributed by atoms with van der Waals surface area (Å²) in [4.78, 5) is 0. The fourth-order valence-corrected chi connectivity index (χ4v) is 2.68. The minimum absolute atomic E-state index is 0. The maximum absolute atomic E-state index is 6.33. The van der Waals surface area contributed by atoms with Crippen molar-refractivity contribution < 1.29 is 4.74 Å². The van der Waals surface area contributed by atoms with E-state index in [2.05, 4.69) is 37.4 Å². The summed E-state index contributed by atoms with van der Waals surface area (Å²) >= 11 is 1.67. The number of hydrogen-bond donors (Lipinski definition) is 1. The van der Waals surface area contributed by atoms with E-state index in [0.29, 0.717) is 5.92 Å². The van der Waals surface area contributed by atoms with Gasteiger partial charge in [-0.1, -0.05) is 19.9 Å². The Kier molecular flexibility index (Phi) is 5.85. The number of thiophene rings is 1. The lowest BCUT2D eigenvalue weighted by atomic mass is 9.95. The lowest BCUT2D eigenvalue weighted by Gasteiger charge is -2.17. The molecule has 1 aromatic carbocycles. The average molecular weight is 298 g/mol. The van der Waals surface area contributed by atoms with Crippen LogP contribution in [-0.2, 0) is 0 Å². The van der Waals surface area contributed by atoms with Crippen molar-refractivity contribution in [3.63, 3.8) is 0 Å². The largest absolute Gasteiger partial charge is 0.496 e. The molecule has 2 rings (SSSR count). The Bertz CT molecular complexity index is 511. The summed E-state index contributed by atoms with van der Waals surface area (Å²) < 4.78 is 5.42. The third kappa shape index (κ3) is 3.50. The van der Waals surface area contributed by atoms with Crippen LogP contribution in [0.4, 0.5) is 0 Å². The molecule has 0 aliphatic carbocycles. The first-order valence-corrected chi connectivity index (χ1v) is 7.03. The second-order valence-corrected chi connectivity index (χ2v) is 5.47. The molecule has 0 amide bonds. The van der Waals surface area contributed by atoms with Crippen LogP contribution in [0.1, 0.15) is 42.5 Å². The van der Waals surface area contributed by atoms with Gasteiger partial charge in [0.2, 0.25) is 0 Å². The van der Waals surface area contributed by atoms with Gasteiger partial charge in [0.05, 0.1) is 13.2 Å². The second-order valence-electron chi connectivity index (χ2n) is 4.69. The molecule has 2 aromatic rings. The van der Waals surface area contributed by atoms with E-state index in [4.69, 9.17) is 10.5 Å². The molecule has 2 N–H and O–H groups in total. The van der Waals surface area contributed by atoms with E-state index in [-0.39, 0.29) is 18.4 Å². The number of rotatable bonds is 4. The van der Waals surface area contributed by atoms with Gasteiger partial charge in [-0.25, -0.2) is 0 Å². The van der Waals surface area contributed by atoms with Crippen LogP contribution < -0.4 is 10.5 Å². The molecule has 2 nitrogen and oxygen atoms in total. The molecule has 0 saturated heterocycles. The topological polar surface area (TPSA) is 35.2 Å². The highest BCUT2D eigenvalue weighted by molar-refractivity contribution is 7.08. The van der Waals surface area contributed by atoms with Gasteiger partial charge in [0.1, 0.15) is 5.75 Å². The third-order valence-electron chi connectivity index (χ3n) is 3.16. The number of methoxy groups -OCH3 is 1. The normalized spacial score (nSPS) is 12.1. The van der Waals surface area contributed by atoms with Crippen molar-refractivity contribution in [2.24, 2.45) is 5.73 Å². The summed E-state index contributed by atoms with van der Waals surface area (Å²) in [5.41, 5.74) is 9.82.